The third-order valence-electron chi connectivity index (χ3n) is 4.33. The van der Waals surface area contributed by atoms with Crippen LogP contribution in [-0.2, 0) is 4.74 Å². The molecule has 0 aromatic heterocycles. The Morgan fingerprint density at radius 3 is 2.78 bits per heavy atom. The van der Waals surface area contributed by atoms with Crippen molar-refractivity contribution in [1.29, 1.82) is 0 Å². The van der Waals surface area contributed by atoms with Crippen LogP contribution in [0, 0.1) is 0 Å². The van der Waals surface area contributed by atoms with E-state index in [9.17, 15) is 0 Å². The number of likely N-dealkylation sites (N-methyl/N-ethyl adjacent to an activating group) is 2. The average molecular weight is 255 g/mol. The average Bonchev–Trinajstić information content (AvgIpc) is 3.17. The van der Waals surface area contributed by atoms with Crippen LogP contribution in [0.25, 0.3) is 0 Å². The highest BCUT2D eigenvalue weighted by Crippen LogP contribution is 2.20. The molecular weight excluding hydrogens is 226 g/mol. The van der Waals surface area contributed by atoms with Crippen molar-refractivity contribution in [1.82, 2.24) is 15.1 Å². The van der Waals surface area contributed by atoms with Gasteiger partial charge < -0.3 is 15.0 Å². The van der Waals surface area contributed by atoms with Gasteiger partial charge in [0, 0.05) is 38.3 Å². The molecule has 0 bridgehead atoms. The summed E-state index contributed by atoms with van der Waals surface area (Å²) in [5.41, 5.74) is 0. The first-order valence-electron chi connectivity index (χ1n) is 7.33. The number of rotatable bonds is 7. The lowest BCUT2D eigenvalue weighted by molar-refractivity contribution is 0.0510. The van der Waals surface area contributed by atoms with E-state index in [0.717, 1.165) is 19.2 Å². The fraction of sp³-hybridized carbons (Fsp3) is 1.00. The van der Waals surface area contributed by atoms with Crippen LogP contribution in [-0.4, -0.2) is 75.4 Å². The summed E-state index contributed by atoms with van der Waals surface area (Å²) >= 11 is 0. The summed E-state index contributed by atoms with van der Waals surface area (Å²) in [4.78, 5) is 4.98. The lowest BCUT2D eigenvalue weighted by atomic mass is 10.0. The molecule has 4 heteroatoms. The van der Waals surface area contributed by atoms with Crippen molar-refractivity contribution in [2.75, 3.05) is 47.4 Å². The molecule has 2 atom stereocenters. The molecule has 1 heterocycles. The molecule has 1 aliphatic heterocycles. The van der Waals surface area contributed by atoms with Gasteiger partial charge in [-0.15, -0.1) is 0 Å². The summed E-state index contributed by atoms with van der Waals surface area (Å²) in [6.45, 7) is 4.34. The lowest BCUT2D eigenvalue weighted by Gasteiger charge is -2.40. The first-order valence-corrected chi connectivity index (χ1v) is 7.33. The minimum absolute atomic E-state index is 0.507. The van der Waals surface area contributed by atoms with Gasteiger partial charge in [-0.2, -0.15) is 0 Å². The van der Waals surface area contributed by atoms with Crippen molar-refractivity contribution in [2.24, 2.45) is 0 Å². The van der Waals surface area contributed by atoms with Gasteiger partial charge in [-0.1, -0.05) is 0 Å². The molecule has 1 N–H and O–H groups in total. The van der Waals surface area contributed by atoms with E-state index in [-0.39, 0.29) is 0 Å². The Bertz CT molecular complexity index is 245. The van der Waals surface area contributed by atoms with Crippen molar-refractivity contribution < 1.29 is 4.74 Å². The maximum absolute atomic E-state index is 5.40. The molecule has 1 aliphatic carbocycles. The van der Waals surface area contributed by atoms with E-state index in [1.165, 1.54) is 38.8 Å². The van der Waals surface area contributed by atoms with E-state index in [4.69, 9.17) is 4.74 Å². The van der Waals surface area contributed by atoms with Gasteiger partial charge in [0.1, 0.15) is 0 Å². The fourth-order valence-electron chi connectivity index (χ4n) is 2.87. The molecule has 2 rings (SSSR count). The SMILES string of the molecule is COCC(CNC1CC1)N(C)C1CCCN(C)C1. The minimum atomic E-state index is 0.507. The van der Waals surface area contributed by atoms with Crippen molar-refractivity contribution in [3.63, 3.8) is 0 Å². The number of ether oxygens (including phenoxy) is 1. The highest BCUT2D eigenvalue weighted by atomic mass is 16.5. The standard InChI is InChI=1S/C14H29N3O/c1-16-8-4-5-13(10-16)17(2)14(11-18-3)9-15-12-6-7-12/h12-15H,4-11H2,1-3H3. The number of nitrogens with one attached hydrogen (secondary N) is 1. The Hall–Kier alpha value is -0.160. The van der Waals surface area contributed by atoms with Gasteiger partial charge in [0.15, 0.2) is 0 Å². The number of hydrogen-bond acceptors (Lipinski definition) is 4. The van der Waals surface area contributed by atoms with Crippen LogP contribution in [0.1, 0.15) is 25.7 Å². The number of piperidine rings is 1. The van der Waals surface area contributed by atoms with Gasteiger partial charge in [-0.3, -0.25) is 4.90 Å². The third kappa shape index (κ3) is 4.19. The minimum Gasteiger partial charge on any atom is -0.383 e. The predicted molar refractivity (Wildman–Crippen MR) is 75.0 cm³/mol. The molecule has 1 saturated heterocycles. The fourth-order valence-corrected chi connectivity index (χ4v) is 2.87. The van der Waals surface area contributed by atoms with Crippen molar-refractivity contribution in [2.45, 2.75) is 43.8 Å². The van der Waals surface area contributed by atoms with E-state index < -0.39 is 0 Å². The Balaban J connectivity index is 1.82. The summed E-state index contributed by atoms with van der Waals surface area (Å²) in [6, 6.07) is 1.98. The second-order valence-electron chi connectivity index (χ2n) is 6.02. The lowest BCUT2D eigenvalue weighted by Crippen LogP contribution is -2.53. The van der Waals surface area contributed by atoms with Crippen LogP contribution in [0.4, 0.5) is 0 Å². The second-order valence-corrected chi connectivity index (χ2v) is 6.02. The summed E-state index contributed by atoms with van der Waals surface area (Å²) in [5, 5.41) is 3.64. The number of hydrogen-bond donors (Lipinski definition) is 1. The van der Waals surface area contributed by atoms with E-state index in [0.29, 0.717) is 12.1 Å². The summed E-state index contributed by atoms with van der Waals surface area (Å²) in [7, 11) is 6.31. The molecule has 1 saturated carbocycles. The zero-order chi connectivity index (χ0) is 13.0. The van der Waals surface area contributed by atoms with Crippen molar-refractivity contribution in [3.8, 4) is 0 Å². The zero-order valence-electron chi connectivity index (χ0n) is 12.2. The van der Waals surface area contributed by atoms with Crippen LogP contribution in [0.5, 0.6) is 0 Å². The van der Waals surface area contributed by atoms with Gasteiger partial charge in [-0.05, 0) is 46.3 Å². The molecule has 4 nitrogen and oxygen atoms in total. The number of methoxy groups -OCH3 is 1. The smallest absolute Gasteiger partial charge is 0.0630 e. The molecule has 2 unspecified atom stereocenters. The molecular formula is C14H29N3O. The van der Waals surface area contributed by atoms with E-state index in [1.54, 1.807) is 0 Å². The molecule has 0 aromatic rings. The molecule has 2 fully saturated rings. The summed E-state index contributed by atoms with van der Waals surface area (Å²) in [6.07, 6.45) is 5.36. The van der Waals surface area contributed by atoms with Gasteiger partial charge in [0.2, 0.25) is 0 Å². The zero-order valence-corrected chi connectivity index (χ0v) is 12.2. The molecule has 18 heavy (non-hydrogen) atoms. The predicted octanol–water partition coefficient (Wildman–Crippen LogP) is 0.779. The van der Waals surface area contributed by atoms with Crippen LogP contribution < -0.4 is 5.32 Å². The summed E-state index contributed by atoms with van der Waals surface area (Å²) in [5.74, 6) is 0. The maximum Gasteiger partial charge on any atom is 0.0630 e. The Kier molecular flexibility index (Phi) is 5.42. The Morgan fingerprint density at radius 2 is 2.17 bits per heavy atom. The Labute approximate surface area is 112 Å². The largest absolute Gasteiger partial charge is 0.383 e. The van der Waals surface area contributed by atoms with Crippen molar-refractivity contribution in [3.05, 3.63) is 0 Å². The van der Waals surface area contributed by atoms with Crippen LogP contribution in [0.3, 0.4) is 0 Å². The first-order chi connectivity index (χ1) is 8.70. The number of likely N-dealkylation sites (tertiary alicyclic amines) is 1. The first kappa shape index (κ1) is 14.3. The monoisotopic (exact) mass is 255 g/mol. The molecule has 106 valence electrons. The van der Waals surface area contributed by atoms with E-state index >= 15 is 0 Å². The van der Waals surface area contributed by atoms with Gasteiger partial charge >= 0.3 is 0 Å². The van der Waals surface area contributed by atoms with E-state index in [1.807, 2.05) is 7.11 Å². The molecule has 2 aliphatic rings. The van der Waals surface area contributed by atoms with E-state index in [2.05, 4.69) is 29.2 Å². The quantitative estimate of drug-likeness (QED) is 0.727. The van der Waals surface area contributed by atoms with Crippen molar-refractivity contribution >= 4 is 0 Å². The highest BCUT2D eigenvalue weighted by Gasteiger charge is 2.28. The molecule has 0 aromatic carbocycles. The normalized spacial score (nSPS) is 27.7. The van der Waals surface area contributed by atoms with Crippen LogP contribution in [0.2, 0.25) is 0 Å². The van der Waals surface area contributed by atoms with Crippen LogP contribution >= 0.6 is 0 Å². The van der Waals surface area contributed by atoms with Crippen LogP contribution in [0.15, 0.2) is 0 Å². The topological polar surface area (TPSA) is 27.7 Å². The molecule has 0 amide bonds. The molecule has 0 radical (unpaired) electrons. The highest BCUT2D eigenvalue weighted by molar-refractivity contribution is 4.87. The Morgan fingerprint density at radius 1 is 1.39 bits per heavy atom. The number of nitrogens with zero attached hydrogens (tertiary/aromatic N) is 2. The second kappa shape index (κ2) is 6.85. The van der Waals surface area contributed by atoms with Gasteiger partial charge in [-0.25, -0.2) is 0 Å². The molecule has 0 spiro atoms. The third-order valence-corrected chi connectivity index (χ3v) is 4.33. The maximum atomic E-state index is 5.40. The van der Waals surface area contributed by atoms with Gasteiger partial charge in [0.25, 0.3) is 0 Å². The van der Waals surface area contributed by atoms with Gasteiger partial charge in [0.05, 0.1) is 6.61 Å². The summed E-state index contributed by atoms with van der Waals surface area (Å²) < 4.78 is 5.40.